The average molecular weight is 476 g/mol. The van der Waals surface area contributed by atoms with Crippen molar-refractivity contribution in [2.75, 3.05) is 0 Å². The Hall–Kier alpha value is -1.34. The Morgan fingerprint density at radius 1 is 0.484 bits per heavy atom. The van der Waals surface area contributed by atoms with E-state index in [2.05, 4.69) is 69.2 Å². The maximum atomic E-state index is 11.0. The second kappa shape index (κ2) is 11.0. The molecule has 0 amide bonds. The van der Waals surface area contributed by atoms with E-state index in [9.17, 15) is 10.2 Å². The Morgan fingerprint density at radius 3 is 0.903 bits per heavy atom. The van der Waals surface area contributed by atoms with Crippen LogP contribution in [0.3, 0.4) is 0 Å². The summed E-state index contributed by atoms with van der Waals surface area (Å²) in [5, 5.41) is 22.1. The normalized spacial score (nSPS) is 12.5. The SMILES string of the molecule is CC(C)(C)CC(C)(C)c1ccc([O-])cc1.CC(C)(C)CC(C)(C)c1ccc([O-])cc1.[Zn+2]. The fourth-order valence-corrected chi connectivity index (χ4v) is 4.67. The summed E-state index contributed by atoms with van der Waals surface area (Å²) < 4.78 is 0. The molecule has 0 aromatic heterocycles. The van der Waals surface area contributed by atoms with Gasteiger partial charge in [0.15, 0.2) is 0 Å². The quantitative estimate of drug-likeness (QED) is 0.449. The molecule has 0 radical (unpaired) electrons. The van der Waals surface area contributed by atoms with Gasteiger partial charge in [-0.05, 0) is 45.6 Å². The minimum Gasteiger partial charge on any atom is -0.872 e. The molecule has 0 saturated carbocycles. The Morgan fingerprint density at radius 2 is 0.710 bits per heavy atom. The predicted molar refractivity (Wildman–Crippen MR) is 126 cm³/mol. The predicted octanol–water partition coefficient (Wildman–Crippen LogP) is 6.95. The standard InChI is InChI=1S/2C14H22O.Zn/c2*1-13(2,3)10-14(4,5)11-6-8-12(15)9-7-11;/h2*6-9,15H,10H2,1-5H3;/q;;+2/p-2. The molecule has 0 heterocycles. The molecular formula is C28H42O2Zn. The maximum Gasteiger partial charge on any atom is 2.00 e. The molecule has 3 heteroatoms. The molecule has 0 atom stereocenters. The van der Waals surface area contributed by atoms with Crippen molar-refractivity contribution in [3.05, 3.63) is 59.7 Å². The molecule has 0 bridgehead atoms. The van der Waals surface area contributed by atoms with Crippen molar-refractivity contribution in [3.63, 3.8) is 0 Å². The molecular weight excluding hydrogens is 434 g/mol. The summed E-state index contributed by atoms with van der Waals surface area (Å²) >= 11 is 0. The Bertz CT molecular complexity index is 704. The summed E-state index contributed by atoms with van der Waals surface area (Å²) in [7, 11) is 0. The first-order chi connectivity index (χ1) is 13.4. The first kappa shape index (κ1) is 29.7. The van der Waals surface area contributed by atoms with E-state index in [1.54, 1.807) is 24.3 Å². The van der Waals surface area contributed by atoms with Crippen molar-refractivity contribution >= 4 is 0 Å². The zero-order chi connectivity index (χ0) is 23.4. The summed E-state index contributed by atoms with van der Waals surface area (Å²) in [6, 6.07) is 14.4. The minimum absolute atomic E-state index is 0. The van der Waals surface area contributed by atoms with Crippen LogP contribution < -0.4 is 10.2 Å². The molecule has 2 aromatic carbocycles. The van der Waals surface area contributed by atoms with Crippen molar-refractivity contribution in [3.8, 4) is 11.5 Å². The van der Waals surface area contributed by atoms with Gasteiger partial charge < -0.3 is 10.2 Å². The van der Waals surface area contributed by atoms with Gasteiger partial charge in [-0.3, -0.25) is 0 Å². The topological polar surface area (TPSA) is 46.1 Å². The van der Waals surface area contributed by atoms with Crippen molar-refractivity contribution in [1.29, 1.82) is 0 Å². The van der Waals surface area contributed by atoms with Crippen LogP contribution >= 0.6 is 0 Å². The van der Waals surface area contributed by atoms with Crippen LogP contribution in [-0.4, -0.2) is 0 Å². The van der Waals surface area contributed by atoms with Crippen molar-refractivity contribution in [2.45, 2.75) is 92.9 Å². The Balaban J connectivity index is 0.000000562. The van der Waals surface area contributed by atoms with Crippen LogP contribution in [0.2, 0.25) is 0 Å². The van der Waals surface area contributed by atoms with Gasteiger partial charge >= 0.3 is 19.5 Å². The molecule has 2 nitrogen and oxygen atoms in total. The van der Waals surface area contributed by atoms with Crippen LogP contribution in [0.1, 0.15) is 93.2 Å². The van der Waals surface area contributed by atoms with E-state index in [1.807, 2.05) is 24.3 Å². The summed E-state index contributed by atoms with van der Waals surface area (Å²) in [6.07, 6.45) is 2.22. The molecule has 2 aromatic rings. The summed E-state index contributed by atoms with van der Waals surface area (Å²) in [5.41, 5.74) is 3.37. The molecule has 0 fully saturated rings. The summed E-state index contributed by atoms with van der Waals surface area (Å²) in [6.45, 7) is 22.4. The molecule has 0 saturated heterocycles. The van der Waals surface area contributed by atoms with Crippen LogP contribution in [0.25, 0.3) is 0 Å². The molecule has 0 aliphatic carbocycles. The van der Waals surface area contributed by atoms with E-state index in [0.717, 1.165) is 12.8 Å². The minimum atomic E-state index is 0. The van der Waals surface area contributed by atoms with Crippen LogP contribution in [0.15, 0.2) is 48.5 Å². The van der Waals surface area contributed by atoms with Crippen molar-refractivity contribution < 1.29 is 29.7 Å². The Kier molecular flexibility index (Phi) is 10.5. The van der Waals surface area contributed by atoms with E-state index in [-0.39, 0.29) is 41.8 Å². The summed E-state index contributed by atoms with van der Waals surface area (Å²) in [4.78, 5) is 0. The number of hydrogen-bond acceptors (Lipinski definition) is 2. The number of rotatable bonds is 4. The van der Waals surface area contributed by atoms with Crippen LogP contribution in [0.5, 0.6) is 11.5 Å². The van der Waals surface area contributed by atoms with Crippen molar-refractivity contribution in [2.24, 2.45) is 10.8 Å². The molecule has 0 N–H and O–H groups in total. The zero-order valence-electron chi connectivity index (χ0n) is 21.6. The van der Waals surface area contributed by atoms with E-state index in [4.69, 9.17) is 0 Å². The van der Waals surface area contributed by atoms with Crippen molar-refractivity contribution in [1.82, 2.24) is 0 Å². The van der Waals surface area contributed by atoms with Gasteiger partial charge in [0.2, 0.25) is 0 Å². The van der Waals surface area contributed by atoms with Gasteiger partial charge in [0.25, 0.3) is 0 Å². The number of hydrogen-bond donors (Lipinski definition) is 0. The molecule has 0 spiro atoms. The Labute approximate surface area is 204 Å². The van der Waals surface area contributed by atoms with E-state index in [0.29, 0.717) is 10.8 Å². The van der Waals surface area contributed by atoms with E-state index >= 15 is 0 Å². The molecule has 2 rings (SSSR count). The molecule has 0 aliphatic heterocycles. The molecule has 0 unspecified atom stereocenters. The van der Waals surface area contributed by atoms with Gasteiger partial charge in [-0.15, -0.1) is 11.5 Å². The van der Waals surface area contributed by atoms with E-state index in [1.165, 1.54) is 11.1 Å². The second-order valence-corrected chi connectivity index (χ2v) is 12.3. The smallest absolute Gasteiger partial charge is 0.872 e. The zero-order valence-corrected chi connectivity index (χ0v) is 24.5. The molecule has 0 aliphatic rings. The first-order valence-corrected chi connectivity index (χ1v) is 11.0. The molecule has 168 valence electrons. The number of benzene rings is 2. The average Bonchev–Trinajstić information content (AvgIpc) is 2.52. The van der Waals surface area contributed by atoms with Gasteiger partial charge in [-0.25, -0.2) is 0 Å². The second-order valence-electron chi connectivity index (χ2n) is 12.3. The van der Waals surface area contributed by atoms with Gasteiger partial charge in [-0.2, -0.15) is 0 Å². The van der Waals surface area contributed by atoms with Crippen LogP contribution in [-0.2, 0) is 30.3 Å². The first-order valence-electron chi connectivity index (χ1n) is 11.0. The van der Waals surface area contributed by atoms with Gasteiger partial charge in [0.05, 0.1) is 0 Å². The van der Waals surface area contributed by atoms with Gasteiger partial charge in [0.1, 0.15) is 0 Å². The molecule has 31 heavy (non-hydrogen) atoms. The fourth-order valence-electron chi connectivity index (χ4n) is 4.67. The third-order valence-electron chi connectivity index (χ3n) is 5.22. The van der Waals surface area contributed by atoms with Gasteiger partial charge in [0, 0.05) is 0 Å². The fraction of sp³-hybridized carbons (Fsp3) is 0.571. The maximum absolute atomic E-state index is 11.0. The van der Waals surface area contributed by atoms with E-state index < -0.39 is 0 Å². The monoisotopic (exact) mass is 474 g/mol. The van der Waals surface area contributed by atoms with Crippen LogP contribution in [0.4, 0.5) is 0 Å². The third-order valence-corrected chi connectivity index (χ3v) is 5.22. The largest absolute Gasteiger partial charge is 2.00 e. The third kappa shape index (κ3) is 11.2. The van der Waals surface area contributed by atoms with Crippen LogP contribution in [0, 0.1) is 10.8 Å². The summed E-state index contributed by atoms with van der Waals surface area (Å²) in [5.74, 6) is 0.176. The van der Waals surface area contributed by atoms with Gasteiger partial charge in [-0.1, -0.05) is 118 Å².